The minimum atomic E-state index is -0.254. The summed E-state index contributed by atoms with van der Waals surface area (Å²) in [4.78, 5) is 15.5. The molecule has 0 unspecified atom stereocenters. The van der Waals surface area contributed by atoms with Crippen LogP contribution in [0.4, 0.5) is 10.5 Å². The molecule has 1 aliphatic heterocycles. The number of benzene rings is 1. The normalized spacial score (nSPS) is 15.9. The van der Waals surface area contributed by atoms with E-state index < -0.39 is 0 Å². The molecule has 1 fully saturated rings. The lowest BCUT2D eigenvalue weighted by molar-refractivity contribution is 0.0888. The number of hydrogen-bond donors (Lipinski definition) is 2. The summed E-state index contributed by atoms with van der Waals surface area (Å²) in [6.45, 7) is 5.94. The van der Waals surface area contributed by atoms with Crippen molar-refractivity contribution in [2.75, 3.05) is 38.8 Å². The van der Waals surface area contributed by atoms with Crippen LogP contribution < -0.4 is 5.48 Å². The third kappa shape index (κ3) is 3.65. The molecule has 116 valence electrons. The number of amides is 1. The van der Waals surface area contributed by atoms with E-state index in [0.717, 1.165) is 37.3 Å². The summed E-state index contributed by atoms with van der Waals surface area (Å²) < 4.78 is 4.74. The molecule has 1 aromatic carbocycles. The van der Waals surface area contributed by atoms with Gasteiger partial charge in [0.15, 0.2) is 0 Å². The summed E-state index contributed by atoms with van der Waals surface area (Å²) in [7, 11) is 1.41. The summed E-state index contributed by atoms with van der Waals surface area (Å²) in [6, 6.07) is 5.90. The number of hydrogen-bond acceptors (Lipinski definition) is 5. The van der Waals surface area contributed by atoms with Crippen LogP contribution >= 0.6 is 0 Å². The number of carbonyl (C=O) groups is 1. The zero-order valence-corrected chi connectivity index (χ0v) is 12.6. The second-order valence-corrected chi connectivity index (χ2v) is 5.14. The Balaban J connectivity index is 1.99. The van der Waals surface area contributed by atoms with Gasteiger partial charge in [-0.2, -0.15) is 0 Å². The van der Waals surface area contributed by atoms with Crippen molar-refractivity contribution in [3.63, 3.8) is 0 Å². The molecule has 0 aliphatic carbocycles. The number of rotatable bonds is 4. The molecular formula is C15H23N3O3. The first-order chi connectivity index (χ1) is 10.2. The number of anilines is 1. The summed E-state index contributed by atoms with van der Waals surface area (Å²) in [5, 5.41) is 9.18. The number of nitrogens with one attached hydrogen (secondary N) is 1. The van der Waals surface area contributed by atoms with Crippen LogP contribution in [-0.4, -0.2) is 54.4 Å². The van der Waals surface area contributed by atoms with Gasteiger partial charge < -0.3 is 9.64 Å². The van der Waals surface area contributed by atoms with Crippen LogP contribution in [-0.2, 0) is 17.7 Å². The average Bonchev–Trinajstić information content (AvgIpc) is 2.54. The molecule has 6 heteroatoms. The third-order valence-corrected chi connectivity index (χ3v) is 3.95. The van der Waals surface area contributed by atoms with E-state index in [1.54, 1.807) is 4.90 Å². The van der Waals surface area contributed by atoms with Gasteiger partial charge in [-0.1, -0.05) is 19.1 Å². The highest BCUT2D eigenvalue weighted by Gasteiger charge is 2.22. The minimum Gasteiger partial charge on any atom is -0.453 e. The molecule has 1 amide bonds. The fraction of sp³-hybridized carbons (Fsp3) is 0.533. The smallest absolute Gasteiger partial charge is 0.409 e. The van der Waals surface area contributed by atoms with Crippen LogP contribution in [0.2, 0.25) is 0 Å². The lowest BCUT2D eigenvalue weighted by Crippen LogP contribution is -2.48. The maximum Gasteiger partial charge on any atom is 0.409 e. The molecule has 2 rings (SSSR count). The van der Waals surface area contributed by atoms with Crippen LogP contribution in [0.3, 0.4) is 0 Å². The van der Waals surface area contributed by atoms with Gasteiger partial charge in [-0.15, -0.1) is 0 Å². The van der Waals surface area contributed by atoms with Crippen LogP contribution in [0, 0.1) is 0 Å². The number of methoxy groups -OCH3 is 1. The fourth-order valence-corrected chi connectivity index (χ4v) is 2.76. The maximum atomic E-state index is 11.5. The van der Waals surface area contributed by atoms with E-state index in [2.05, 4.69) is 23.4 Å². The van der Waals surface area contributed by atoms with Gasteiger partial charge in [0.25, 0.3) is 0 Å². The van der Waals surface area contributed by atoms with Crippen molar-refractivity contribution >= 4 is 11.8 Å². The molecule has 21 heavy (non-hydrogen) atoms. The topological polar surface area (TPSA) is 65.0 Å². The molecule has 0 saturated carbocycles. The SMILES string of the molecule is CCc1c(CN2CCN(C(=O)OC)CC2)cccc1NO. The molecule has 1 heterocycles. The quantitative estimate of drug-likeness (QED) is 0.831. The first kappa shape index (κ1) is 15.6. The van der Waals surface area contributed by atoms with Crippen LogP contribution in [0.5, 0.6) is 0 Å². The average molecular weight is 293 g/mol. The van der Waals surface area contributed by atoms with E-state index in [0.29, 0.717) is 13.1 Å². The van der Waals surface area contributed by atoms with E-state index >= 15 is 0 Å². The zero-order chi connectivity index (χ0) is 15.2. The number of ether oxygens (including phenoxy) is 1. The molecule has 0 spiro atoms. The number of nitrogens with zero attached hydrogens (tertiary/aromatic N) is 2. The zero-order valence-electron chi connectivity index (χ0n) is 12.6. The van der Waals surface area contributed by atoms with Crippen LogP contribution in [0.1, 0.15) is 18.1 Å². The van der Waals surface area contributed by atoms with Crippen molar-refractivity contribution in [3.05, 3.63) is 29.3 Å². The number of piperazine rings is 1. The van der Waals surface area contributed by atoms with Gasteiger partial charge in [-0.3, -0.25) is 15.6 Å². The van der Waals surface area contributed by atoms with Gasteiger partial charge in [0.05, 0.1) is 12.8 Å². The molecule has 0 radical (unpaired) electrons. The second kappa shape index (κ2) is 7.28. The van der Waals surface area contributed by atoms with Crippen LogP contribution in [0.25, 0.3) is 0 Å². The molecule has 1 saturated heterocycles. The monoisotopic (exact) mass is 293 g/mol. The van der Waals surface area contributed by atoms with E-state index in [1.165, 1.54) is 12.7 Å². The van der Waals surface area contributed by atoms with Gasteiger partial charge in [0, 0.05) is 32.7 Å². The largest absolute Gasteiger partial charge is 0.453 e. The van der Waals surface area contributed by atoms with Gasteiger partial charge in [0.2, 0.25) is 0 Å². The Morgan fingerprint density at radius 1 is 1.33 bits per heavy atom. The second-order valence-electron chi connectivity index (χ2n) is 5.14. The van der Waals surface area contributed by atoms with Crippen molar-refractivity contribution in [3.8, 4) is 0 Å². The Bertz CT molecular complexity index is 485. The Morgan fingerprint density at radius 3 is 2.62 bits per heavy atom. The summed E-state index contributed by atoms with van der Waals surface area (Å²) in [5.41, 5.74) is 5.38. The van der Waals surface area contributed by atoms with Crippen LogP contribution in [0.15, 0.2) is 18.2 Å². The Kier molecular flexibility index (Phi) is 5.41. The first-order valence-electron chi connectivity index (χ1n) is 7.25. The highest BCUT2D eigenvalue weighted by Crippen LogP contribution is 2.22. The van der Waals surface area contributed by atoms with E-state index in [4.69, 9.17) is 4.74 Å². The molecule has 0 aromatic heterocycles. The van der Waals surface area contributed by atoms with Crippen molar-refractivity contribution in [2.24, 2.45) is 0 Å². The summed E-state index contributed by atoms with van der Waals surface area (Å²) in [6.07, 6.45) is 0.608. The molecule has 0 atom stereocenters. The van der Waals surface area contributed by atoms with Crippen molar-refractivity contribution < 1.29 is 14.7 Å². The summed E-state index contributed by atoms with van der Waals surface area (Å²) >= 11 is 0. The Morgan fingerprint density at radius 2 is 2.05 bits per heavy atom. The predicted molar refractivity (Wildman–Crippen MR) is 80.5 cm³/mol. The van der Waals surface area contributed by atoms with Gasteiger partial charge in [-0.05, 0) is 23.6 Å². The third-order valence-electron chi connectivity index (χ3n) is 3.95. The molecule has 1 aliphatic rings. The highest BCUT2D eigenvalue weighted by molar-refractivity contribution is 5.67. The minimum absolute atomic E-state index is 0.254. The van der Waals surface area contributed by atoms with Crippen molar-refractivity contribution in [1.82, 2.24) is 9.80 Å². The first-order valence-corrected chi connectivity index (χ1v) is 7.25. The highest BCUT2D eigenvalue weighted by atomic mass is 16.5. The molecule has 6 nitrogen and oxygen atoms in total. The molecular weight excluding hydrogens is 270 g/mol. The van der Waals surface area contributed by atoms with E-state index in [9.17, 15) is 10.0 Å². The predicted octanol–water partition coefficient (Wildman–Crippen LogP) is 1.93. The Labute approximate surface area is 125 Å². The maximum absolute atomic E-state index is 11.5. The Hall–Kier alpha value is -1.79. The van der Waals surface area contributed by atoms with Crippen molar-refractivity contribution in [2.45, 2.75) is 19.9 Å². The van der Waals surface area contributed by atoms with Gasteiger partial charge in [0.1, 0.15) is 0 Å². The molecule has 0 bridgehead atoms. The number of carbonyl (C=O) groups excluding carboxylic acids is 1. The van der Waals surface area contributed by atoms with Gasteiger partial charge in [-0.25, -0.2) is 4.79 Å². The summed E-state index contributed by atoms with van der Waals surface area (Å²) in [5.74, 6) is 0. The fourth-order valence-electron chi connectivity index (χ4n) is 2.76. The van der Waals surface area contributed by atoms with E-state index in [1.807, 2.05) is 12.1 Å². The standard InChI is InChI=1S/C15H23N3O3/c1-3-13-12(5-4-6-14(13)16-20)11-17-7-9-18(10-8-17)15(19)21-2/h4-6,16,20H,3,7-11H2,1-2H3. The van der Waals surface area contributed by atoms with E-state index in [-0.39, 0.29) is 6.09 Å². The van der Waals surface area contributed by atoms with Gasteiger partial charge >= 0.3 is 6.09 Å². The molecule has 1 aromatic rings. The lowest BCUT2D eigenvalue weighted by Gasteiger charge is -2.34. The lowest BCUT2D eigenvalue weighted by atomic mass is 10.0. The molecule has 2 N–H and O–H groups in total. The van der Waals surface area contributed by atoms with Crippen molar-refractivity contribution in [1.29, 1.82) is 0 Å².